The topological polar surface area (TPSA) is 52.0 Å². The molecule has 0 unspecified atom stereocenters. The quantitative estimate of drug-likeness (QED) is 0.759. The summed E-state index contributed by atoms with van der Waals surface area (Å²) in [6.07, 6.45) is 0. The maximum Gasteiger partial charge on any atom is 0.0221 e. The van der Waals surface area contributed by atoms with Crippen LogP contribution in [0.3, 0.4) is 0 Å². The lowest BCUT2D eigenvalue weighted by Crippen LogP contribution is -2.46. The van der Waals surface area contributed by atoms with Crippen LogP contribution in [0.15, 0.2) is 30.3 Å². The second-order valence-electron chi connectivity index (χ2n) is 4.09. The summed E-state index contributed by atoms with van der Waals surface area (Å²) in [4.78, 5) is 0. The highest BCUT2D eigenvalue weighted by atomic mass is 14.7. The van der Waals surface area contributed by atoms with Gasteiger partial charge >= 0.3 is 0 Å². The van der Waals surface area contributed by atoms with Gasteiger partial charge in [0.15, 0.2) is 0 Å². The van der Waals surface area contributed by atoms with E-state index in [0.717, 1.165) is 0 Å². The van der Waals surface area contributed by atoms with Crippen LogP contribution in [0.5, 0.6) is 0 Å². The van der Waals surface area contributed by atoms with E-state index in [1.165, 1.54) is 5.56 Å². The van der Waals surface area contributed by atoms with Crippen LogP contribution in [0.25, 0.3) is 0 Å². The van der Waals surface area contributed by atoms with Crippen molar-refractivity contribution < 1.29 is 0 Å². The van der Waals surface area contributed by atoms with Gasteiger partial charge in [-0.2, -0.15) is 0 Å². The molecule has 1 aromatic rings. The Bertz CT molecular complexity index is 263. The molecule has 0 saturated carbocycles. The molecule has 0 amide bonds. The highest BCUT2D eigenvalue weighted by Crippen LogP contribution is 2.30. The molecule has 0 aliphatic heterocycles. The Morgan fingerprint density at radius 2 is 1.57 bits per heavy atom. The lowest BCUT2D eigenvalue weighted by molar-refractivity contribution is 0.324. The molecular formula is C12H20N2. The van der Waals surface area contributed by atoms with Crippen LogP contribution in [0, 0.1) is 5.92 Å². The largest absolute Gasteiger partial charge is 0.330 e. The van der Waals surface area contributed by atoms with Crippen molar-refractivity contribution in [2.75, 3.05) is 13.1 Å². The molecule has 2 heteroatoms. The fourth-order valence-electron chi connectivity index (χ4n) is 1.89. The summed E-state index contributed by atoms with van der Waals surface area (Å²) in [5.74, 6) is 0.458. The maximum absolute atomic E-state index is 5.87. The van der Waals surface area contributed by atoms with Gasteiger partial charge in [-0.15, -0.1) is 0 Å². The maximum atomic E-state index is 5.87. The average Bonchev–Trinajstić information content (AvgIpc) is 2.22. The van der Waals surface area contributed by atoms with E-state index < -0.39 is 0 Å². The summed E-state index contributed by atoms with van der Waals surface area (Å²) < 4.78 is 0. The highest BCUT2D eigenvalue weighted by molar-refractivity contribution is 5.27. The van der Waals surface area contributed by atoms with Gasteiger partial charge in [0.1, 0.15) is 0 Å². The normalized spacial score (nSPS) is 12.1. The zero-order valence-electron chi connectivity index (χ0n) is 9.03. The zero-order valence-corrected chi connectivity index (χ0v) is 9.03. The molecule has 2 nitrogen and oxygen atoms in total. The first kappa shape index (κ1) is 11.2. The van der Waals surface area contributed by atoms with Gasteiger partial charge in [0, 0.05) is 18.5 Å². The fourth-order valence-corrected chi connectivity index (χ4v) is 1.89. The van der Waals surface area contributed by atoms with Gasteiger partial charge < -0.3 is 11.5 Å². The zero-order chi connectivity index (χ0) is 10.6. The van der Waals surface area contributed by atoms with Gasteiger partial charge in [0.2, 0.25) is 0 Å². The van der Waals surface area contributed by atoms with Crippen molar-refractivity contribution in [1.82, 2.24) is 0 Å². The van der Waals surface area contributed by atoms with Crippen molar-refractivity contribution >= 4 is 0 Å². The Kier molecular flexibility index (Phi) is 3.67. The van der Waals surface area contributed by atoms with E-state index in [0.29, 0.717) is 19.0 Å². The van der Waals surface area contributed by atoms with E-state index in [9.17, 15) is 0 Å². The standard InChI is InChI=1S/C12H20N2/c1-10(2)12(8-13,9-14)11-6-4-3-5-7-11/h3-7,10H,8-9,13-14H2,1-2H3. The van der Waals surface area contributed by atoms with Crippen molar-refractivity contribution in [2.45, 2.75) is 19.3 Å². The van der Waals surface area contributed by atoms with Crippen LogP contribution in [-0.4, -0.2) is 13.1 Å². The molecule has 0 heterocycles. The second-order valence-corrected chi connectivity index (χ2v) is 4.09. The van der Waals surface area contributed by atoms with Crippen molar-refractivity contribution in [1.29, 1.82) is 0 Å². The second kappa shape index (κ2) is 4.58. The molecule has 0 fully saturated rings. The SMILES string of the molecule is CC(C)C(CN)(CN)c1ccccc1. The van der Waals surface area contributed by atoms with E-state index in [1.54, 1.807) is 0 Å². The van der Waals surface area contributed by atoms with Crippen LogP contribution in [0.4, 0.5) is 0 Å². The van der Waals surface area contributed by atoms with Crippen LogP contribution < -0.4 is 11.5 Å². The van der Waals surface area contributed by atoms with Gasteiger partial charge in [-0.25, -0.2) is 0 Å². The number of rotatable bonds is 4. The lowest BCUT2D eigenvalue weighted by atomic mass is 9.72. The van der Waals surface area contributed by atoms with Gasteiger partial charge in [0.05, 0.1) is 0 Å². The molecule has 0 spiro atoms. The molecule has 0 aliphatic carbocycles. The van der Waals surface area contributed by atoms with E-state index in [-0.39, 0.29) is 5.41 Å². The van der Waals surface area contributed by atoms with E-state index >= 15 is 0 Å². The smallest absolute Gasteiger partial charge is 0.0221 e. The minimum absolute atomic E-state index is 0.0682. The van der Waals surface area contributed by atoms with Crippen molar-refractivity contribution in [3.63, 3.8) is 0 Å². The van der Waals surface area contributed by atoms with Crippen molar-refractivity contribution in [2.24, 2.45) is 17.4 Å². The molecule has 78 valence electrons. The van der Waals surface area contributed by atoms with Crippen LogP contribution in [0.2, 0.25) is 0 Å². The third-order valence-corrected chi connectivity index (χ3v) is 3.18. The highest BCUT2D eigenvalue weighted by Gasteiger charge is 2.32. The molecule has 0 saturated heterocycles. The molecule has 0 aliphatic rings. The molecule has 1 aromatic carbocycles. The van der Waals surface area contributed by atoms with Crippen molar-refractivity contribution in [3.05, 3.63) is 35.9 Å². The molecule has 0 bridgehead atoms. The third kappa shape index (κ3) is 1.81. The lowest BCUT2D eigenvalue weighted by Gasteiger charge is -2.36. The first-order valence-corrected chi connectivity index (χ1v) is 5.13. The van der Waals surface area contributed by atoms with Crippen LogP contribution in [0.1, 0.15) is 19.4 Å². The summed E-state index contributed by atoms with van der Waals surface area (Å²) in [6, 6.07) is 10.3. The number of hydrogen-bond donors (Lipinski definition) is 2. The number of benzene rings is 1. The summed E-state index contributed by atoms with van der Waals surface area (Å²) in [5, 5.41) is 0. The molecule has 14 heavy (non-hydrogen) atoms. The number of hydrogen-bond acceptors (Lipinski definition) is 2. The number of nitrogens with two attached hydrogens (primary N) is 2. The van der Waals surface area contributed by atoms with Crippen LogP contribution >= 0.6 is 0 Å². The van der Waals surface area contributed by atoms with Crippen LogP contribution in [-0.2, 0) is 5.41 Å². The molecule has 0 radical (unpaired) electrons. The van der Waals surface area contributed by atoms with E-state index in [2.05, 4.69) is 26.0 Å². The predicted octanol–water partition coefficient (Wildman–Crippen LogP) is 1.50. The first-order valence-electron chi connectivity index (χ1n) is 5.13. The van der Waals surface area contributed by atoms with Gasteiger partial charge in [0.25, 0.3) is 0 Å². The summed E-state index contributed by atoms with van der Waals surface area (Å²) >= 11 is 0. The Morgan fingerprint density at radius 1 is 1.07 bits per heavy atom. The van der Waals surface area contributed by atoms with Gasteiger partial charge in [-0.1, -0.05) is 44.2 Å². The molecule has 4 N–H and O–H groups in total. The third-order valence-electron chi connectivity index (χ3n) is 3.18. The Hall–Kier alpha value is -0.860. The Morgan fingerprint density at radius 3 is 1.93 bits per heavy atom. The molecule has 0 atom stereocenters. The van der Waals surface area contributed by atoms with E-state index in [4.69, 9.17) is 11.5 Å². The van der Waals surface area contributed by atoms with Crippen molar-refractivity contribution in [3.8, 4) is 0 Å². The minimum Gasteiger partial charge on any atom is -0.330 e. The Labute approximate surface area is 86.3 Å². The molecular weight excluding hydrogens is 172 g/mol. The fraction of sp³-hybridized carbons (Fsp3) is 0.500. The summed E-state index contributed by atoms with van der Waals surface area (Å²) in [5.41, 5.74) is 12.9. The Balaban J connectivity index is 3.11. The summed E-state index contributed by atoms with van der Waals surface area (Å²) in [6.45, 7) is 5.55. The summed E-state index contributed by atoms with van der Waals surface area (Å²) in [7, 11) is 0. The van der Waals surface area contributed by atoms with E-state index in [1.807, 2.05) is 18.2 Å². The molecule has 0 aromatic heterocycles. The average molecular weight is 192 g/mol. The molecule has 1 rings (SSSR count). The van der Waals surface area contributed by atoms with Gasteiger partial charge in [-0.05, 0) is 11.5 Å². The monoisotopic (exact) mass is 192 g/mol. The predicted molar refractivity (Wildman–Crippen MR) is 61.1 cm³/mol. The minimum atomic E-state index is -0.0682. The van der Waals surface area contributed by atoms with Gasteiger partial charge in [-0.3, -0.25) is 0 Å². The first-order chi connectivity index (χ1) is 6.67.